The van der Waals surface area contributed by atoms with Gasteiger partial charge in [0.2, 0.25) is 0 Å². The second-order valence-corrected chi connectivity index (χ2v) is 4.67. The number of hydrogen-bond acceptors (Lipinski definition) is 4. The number of aromatic nitrogens is 4. The van der Waals surface area contributed by atoms with Crippen LogP contribution in [0.3, 0.4) is 0 Å². The van der Waals surface area contributed by atoms with Crippen molar-refractivity contribution in [1.82, 2.24) is 19.6 Å². The second kappa shape index (κ2) is 5.10. The monoisotopic (exact) mass is 306 g/mol. The van der Waals surface area contributed by atoms with E-state index in [1.807, 2.05) is 0 Å². The Balaban J connectivity index is 2.18. The van der Waals surface area contributed by atoms with Gasteiger partial charge in [0.25, 0.3) is 5.78 Å². The third kappa shape index (κ3) is 2.55. The Morgan fingerprint density at radius 3 is 2.90 bits per heavy atom. The molecule has 2 aromatic heterocycles. The van der Waals surface area contributed by atoms with Gasteiger partial charge in [0, 0.05) is 11.8 Å². The summed E-state index contributed by atoms with van der Waals surface area (Å²) in [5.41, 5.74) is 1.10. The quantitative estimate of drug-likeness (QED) is 0.802. The van der Waals surface area contributed by atoms with Crippen molar-refractivity contribution >= 4 is 23.3 Å². The number of fused-ring (bicyclic) bond motifs is 1. The maximum atomic E-state index is 13.1. The van der Waals surface area contributed by atoms with E-state index in [-0.39, 0.29) is 23.0 Å². The molecule has 0 radical (unpaired) electrons. The minimum Gasteiger partial charge on any atom is -0.481 e. The molecule has 0 aliphatic heterocycles. The van der Waals surface area contributed by atoms with Gasteiger partial charge in [0.15, 0.2) is 5.82 Å². The zero-order valence-corrected chi connectivity index (χ0v) is 11.3. The van der Waals surface area contributed by atoms with Gasteiger partial charge in [-0.3, -0.25) is 4.79 Å². The Bertz CT molecular complexity index is 849. The molecule has 1 aromatic carbocycles. The molecule has 21 heavy (non-hydrogen) atoms. The van der Waals surface area contributed by atoms with Crippen molar-refractivity contribution in [3.8, 4) is 11.3 Å². The van der Waals surface area contributed by atoms with Crippen LogP contribution < -0.4 is 0 Å². The summed E-state index contributed by atoms with van der Waals surface area (Å²) >= 11 is 6.04. The molecule has 2 heterocycles. The molecule has 1 N–H and O–H groups in total. The van der Waals surface area contributed by atoms with Crippen LogP contribution in [0.4, 0.5) is 4.39 Å². The number of halogens is 2. The van der Waals surface area contributed by atoms with Gasteiger partial charge in [0.05, 0.1) is 10.7 Å². The molecule has 3 rings (SSSR count). The third-order valence-electron chi connectivity index (χ3n) is 2.80. The number of carboxylic acids is 1. The lowest BCUT2D eigenvalue weighted by atomic mass is 10.1. The van der Waals surface area contributed by atoms with Crippen LogP contribution in [-0.2, 0) is 11.2 Å². The van der Waals surface area contributed by atoms with Crippen molar-refractivity contribution in [1.29, 1.82) is 0 Å². The van der Waals surface area contributed by atoms with E-state index >= 15 is 0 Å². The molecule has 3 aromatic rings. The van der Waals surface area contributed by atoms with Gasteiger partial charge in [-0.15, -0.1) is 5.10 Å². The number of aliphatic carboxylic acids is 1. The highest BCUT2D eigenvalue weighted by molar-refractivity contribution is 6.33. The number of carboxylic acid groups (broad SMARTS) is 1. The van der Waals surface area contributed by atoms with Crippen molar-refractivity contribution in [2.75, 3.05) is 0 Å². The van der Waals surface area contributed by atoms with Crippen LogP contribution >= 0.6 is 11.6 Å². The van der Waals surface area contributed by atoms with E-state index < -0.39 is 11.8 Å². The Labute approximate surface area is 122 Å². The predicted molar refractivity (Wildman–Crippen MR) is 72.5 cm³/mol. The maximum Gasteiger partial charge on any atom is 0.311 e. The fourth-order valence-corrected chi connectivity index (χ4v) is 2.21. The summed E-state index contributed by atoms with van der Waals surface area (Å²) in [6, 6.07) is 5.64. The first-order valence-corrected chi connectivity index (χ1v) is 6.30. The van der Waals surface area contributed by atoms with Crippen LogP contribution in [-0.4, -0.2) is 30.7 Å². The van der Waals surface area contributed by atoms with Crippen molar-refractivity contribution < 1.29 is 14.3 Å². The fraction of sp³-hybridized carbons (Fsp3) is 0.0769. The molecule has 106 valence electrons. The van der Waals surface area contributed by atoms with E-state index in [4.69, 9.17) is 16.7 Å². The number of nitrogens with zero attached hydrogens (tertiary/aromatic N) is 4. The van der Waals surface area contributed by atoms with Gasteiger partial charge < -0.3 is 5.11 Å². The van der Waals surface area contributed by atoms with Gasteiger partial charge >= 0.3 is 5.97 Å². The molecule has 0 saturated carbocycles. The van der Waals surface area contributed by atoms with Gasteiger partial charge in [-0.05, 0) is 24.3 Å². The van der Waals surface area contributed by atoms with E-state index in [0.29, 0.717) is 11.3 Å². The maximum absolute atomic E-state index is 13.1. The SMILES string of the molecule is O=C(O)Cc1nc2nccc(-c3ccc(F)cc3Cl)n2n1. The molecule has 0 unspecified atom stereocenters. The van der Waals surface area contributed by atoms with Gasteiger partial charge in [-0.1, -0.05) is 11.6 Å². The average Bonchev–Trinajstić information content (AvgIpc) is 2.80. The first kappa shape index (κ1) is 13.4. The first-order valence-electron chi connectivity index (χ1n) is 5.92. The third-order valence-corrected chi connectivity index (χ3v) is 3.11. The molecule has 0 fully saturated rings. The predicted octanol–water partition coefficient (Wildman–Crippen LogP) is 2.21. The summed E-state index contributed by atoms with van der Waals surface area (Å²) in [5, 5.41) is 13.1. The Kier molecular flexibility index (Phi) is 3.26. The number of carbonyl (C=O) groups is 1. The Morgan fingerprint density at radius 2 is 2.19 bits per heavy atom. The van der Waals surface area contributed by atoms with Crippen LogP contribution in [0.1, 0.15) is 5.82 Å². The van der Waals surface area contributed by atoms with Crippen molar-refractivity contribution in [3.05, 3.63) is 47.1 Å². The molecule has 6 nitrogen and oxygen atoms in total. The molecule has 0 saturated heterocycles. The average molecular weight is 307 g/mol. The lowest BCUT2D eigenvalue weighted by Crippen LogP contribution is -2.02. The molecular formula is C13H8ClFN4O2. The molecule has 0 aliphatic carbocycles. The standard InChI is InChI=1S/C13H8ClFN4O2/c14-9-5-7(15)1-2-8(9)10-3-4-16-13-17-11(6-12(20)21)18-19(10)13/h1-5H,6H2,(H,20,21). The van der Waals surface area contributed by atoms with Gasteiger partial charge in [-0.25, -0.2) is 9.37 Å². The number of benzene rings is 1. The fourth-order valence-electron chi connectivity index (χ4n) is 1.95. The summed E-state index contributed by atoms with van der Waals surface area (Å²) in [4.78, 5) is 18.8. The van der Waals surface area contributed by atoms with Crippen LogP contribution in [0.2, 0.25) is 5.02 Å². The van der Waals surface area contributed by atoms with Crippen molar-refractivity contribution in [3.63, 3.8) is 0 Å². The highest BCUT2D eigenvalue weighted by Crippen LogP contribution is 2.28. The Hall–Kier alpha value is -2.54. The van der Waals surface area contributed by atoms with Crippen LogP contribution in [0.15, 0.2) is 30.5 Å². The second-order valence-electron chi connectivity index (χ2n) is 4.26. The largest absolute Gasteiger partial charge is 0.481 e. The van der Waals surface area contributed by atoms with E-state index in [0.717, 1.165) is 0 Å². The van der Waals surface area contributed by atoms with Gasteiger partial charge in [-0.2, -0.15) is 9.50 Å². The molecule has 0 atom stereocenters. The normalized spacial score (nSPS) is 11.0. The zero-order valence-electron chi connectivity index (χ0n) is 10.5. The summed E-state index contributed by atoms with van der Waals surface area (Å²) in [7, 11) is 0. The molecule has 8 heteroatoms. The van der Waals surface area contributed by atoms with E-state index in [9.17, 15) is 9.18 Å². The first-order chi connectivity index (χ1) is 10.0. The minimum atomic E-state index is -1.03. The molecule has 0 aliphatic rings. The summed E-state index contributed by atoms with van der Waals surface area (Å²) in [5.74, 6) is -1.09. The van der Waals surface area contributed by atoms with Crippen LogP contribution in [0, 0.1) is 5.82 Å². The molecule has 0 amide bonds. The van der Waals surface area contributed by atoms with Gasteiger partial charge in [0.1, 0.15) is 12.2 Å². The van der Waals surface area contributed by atoms with E-state index in [2.05, 4.69) is 15.1 Å². The molecule has 0 bridgehead atoms. The smallest absolute Gasteiger partial charge is 0.311 e. The van der Waals surface area contributed by atoms with Crippen molar-refractivity contribution in [2.45, 2.75) is 6.42 Å². The number of hydrogen-bond donors (Lipinski definition) is 1. The van der Waals surface area contributed by atoms with Crippen LogP contribution in [0.5, 0.6) is 0 Å². The molecular weight excluding hydrogens is 299 g/mol. The highest BCUT2D eigenvalue weighted by atomic mass is 35.5. The summed E-state index contributed by atoms with van der Waals surface area (Å²) in [6.45, 7) is 0. The lowest BCUT2D eigenvalue weighted by Gasteiger charge is -2.05. The summed E-state index contributed by atoms with van der Waals surface area (Å²) in [6.07, 6.45) is 1.20. The molecule has 0 spiro atoms. The Morgan fingerprint density at radius 1 is 1.38 bits per heavy atom. The minimum absolute atomic E-state index is 0.140. The summed E-state index contributed by atoms with van der Waals surface area (Å²) < 4.78 is 14.5. The zero-order chi connectivity index (χ0) is 15.0. The topological polar surface area (TPSA) is 80.4 Å². The highest BCUT2D eigenvalue weighted by Gasteiger charge is 2.14. The number of rotatable bonds is 3. The van der Waals surface area contributed by atoms with E-state index in [1.54, 1.807) is 6.07 Å². The van der Waals surface area contributed by atoms with Crippen molar-refractivity contribution in [2.24, 2.45) is 0 Å². The van der Waals surface area contributed by atoms with Crippen LogP contribution in [0.25, 0.3) is 17.0 Å². The lowest BCUT2D eigenvalue weighted by molar-refractivity contribution is -0.136. The van der Waals surface area contributed by atoms with E-state index in [1.165, 1.54) is 28.9 Å².